The number of thiophene rings is 1. The van der Waals surface area contributed by atoms with E-state index in [0.717, 1.165) is 9.75 Å². The molecule has 0 spiro atoms. The van der Waals surface area contributed by atoms with Crippen LogP contribution in [0.15, 0.2) is 32.2 Å². The first-order chi connectivity index (χ1) is 8.80. The van der Waals surface area contributed by atoms with E-state index in [0.29, 0.717) is 15.3 Å². The van der Waals surface area contributed by atoms with E-state index in [-0.39, 0.29) is 6.54 Å². The van der Waals surface area contributed by atoms with Gasteiger partial charge in [-0.25, -0.2) is 8.42 Å². The molecule has 0 saturated carbocycles. The summed E-state index contributed by atoms with van der Waals surface area (Å²) in [5.41, 5.74) is 0. The normalized spacial score (nSPS) is 12.3. The van der Waals surface area contributed by atoms with Gasteiger partial charge in [0.05, 0.1) is 11.4 Å². The lowest BCUT2D eigenvalue weighted by Gasteiger charge is -2.15. The molecule has 2 rings (SSSR count). The number of nitrogens with zero attached hydrogens (tertiary/aromatic N) is 1. The summed E-state index contributed by atoms with van der Waals surface area (Å²) in [5.74, 6) is 0.600. The minimum atomic E-state index is -3.47. The van der Waals surface area contributed by atoms with Gasteiger partial charge in [0.15, 0.2) is 4.67 Å². The third kappa shape index (κ3) is 3.10. The van der Waals surface area contributed by atoms with Gasteiger partial charge < -0.3 is 4.42 Å². The summed E-state index contributed by atoms with van der Waals surface area (Å²) in [5, 5.41) is 0. The molecule has 0 saturated heterocycles. The van der Waals surface area contributed by atoms with Crippen molar-refractivity contribution >= 4 is 37.3 Å². The number of hydrogen-bond donors (Lipinski definition) is 0. The van der Waals surface area contributed by atoms with Crippen LogP contribution in [0.2, 0.25) is 0 Å². The van der Waals surface area contributed by atoms with Crippen molar-refractivity contribution in [2.45, 2.75) is 25.3 Å². The highest BCUT2D eigenvalue weighted by Gasteiger charge is 2.25. The average molecular weight is 364 g/mol. The second kappa shape index (κ2) is 5.40. The van der Waals surface area contributed by atoms with E-state index >= 15 is 0 Å². The second-order valence-corrected chi connectivity index (χ2v) is 8.50. The largest absolute Gasteiger partial charge is 0.453 e. The predicted octanol–water partition coefficient (Wildman–Crippen LogP) is 3.54. The number of aryl methyl sites for hydroxylation is 2. The summed E-state index contributed by atoms with van der Waals surface area (Å²) in [6, 6.07) is 5.21. The molecule has 0 aliphatic rings. The van der Waals surface area contributed by atoms with Crippen molar-refractivity contribution in [3.05, 3.63) is 38.4 Å². The van der Waals surface area contributed by atoms with Gasteiger partial charge in [0.25, 0.3) is 0 Å². The van der Waals surface area contributed by atoms with E-state index in [9.17, 15) is 8.42 Å². The van der Waals surface area contributed by atoms with Crippen LogP contribution in [-0.4, -0.2) is 19.8 Å². The van der Waals surface area contributed by atoms with Crippen LogP contribution in [0.5, 0.6) is 0 Å². The topological polar surface area (TPSA) is 50.5 Å². The maximum Gasteiger partial charge on any atom is 0.244 e. The van der Waals surface area contributed by atoms with Gasteiger partial charge in [0.2, 0.25) is 10.0 Å². The summed E-state index contributed by atoms with van der Waals surface area (Å²) in [4.78, 5) is 2.18. The van der Waals surface area contributed by atoms with Crippen molar-refractivity contribution in [2.75, 3.05) is 7.05 Å². The standard InChI is InChI=1S/C12H14BrNO3S2/c1-8-6-11(9(2)18-8)19(15,16)14(3)7-10-4-5-12(13)17-10/h4-6H,7H2,1-3H3. The minimum absolute atomic E-state index is 0.211. The van der Waals surface area contributed by atoms with E-state index in [1.807, 2.05) is 13.8 Å². The Morgan fingerprint density at radius 3 is 2.53 bits per heavy atom. The molecule has 0 fully saturated rings. The van der Waals surface area contributed by atoms with E-state index in [2.05, 4.69) is 15.9 Å². The Morgan fingerprint density at radius 1 is 1.37 bits per heavy atom. The Balaban J connectivity index is 2.27. The van der Waals surface area contributed by atoms with Crippen molar-refractivity contribution in [3.63, 3.8) is 0 Å². The predicted molar refractivity (Wildman–Crippen MR) is 78.9 cm³/mol. The van der Waals surface area contributed by atoms with Gasteiger partial charge in [-0.3, -0.25) is 0 Å². The van der Waals surface area contributed by atoms with E-state index < -0.39 is 10.0 Å². The third-order valence-corrected chi connectivity index (χ3v) is 6.14. The lowest BCUT2D eigenvalue weighted by atomic mass is 10.4. The molecular weight excluding hydrogens is 350 g/mol. The van der Waals surface area contributed by atoms with E-state index in [1.165, 1.54) is 15.6 Å². The van der Waals surface area contributed by atoms with Crippen LogP contribution in [0.1, 0.15) is 15.5 Å². The average Bonchev–Trinajstić information content (AvgIpc) is 2.85. The van der Waals surface area contributed by atoms with Crippen molar-refractivity contribution in [1.29, 1.82) is 0 Å². The summed E-state index contributed by atoms with van der Waals surface area (Å²) < 4.78 is 32.1. The molecule has 2 aromatic rings. The number of hydrogen-bond acceptors (Lipinski definition) is 4. The first-order valence-corrected chi connectivity index (χ1v) is 8.63. The lowest BCUT2D eigenvalue weighted by Crippen LogP contribution is -2.26. The number of halogens is 1. The Hall–Kier alpha value is -0.630. The van der Waals surface area contributed by atoms with Crippen molar-refractivity contribution in [2.24, 2.45) is 0 Å². The molecule has 0 aliphatic carbocycles. The fourth-order valence-corrected chi connectivity index (χ4v) is 4.77. The van der Waals surface area contributed by atoms with Crippen LogP contribution in [-0.2, 0) is 16.6 Å². The highest BCUT2D eigenvalue weighted by molar-refractivity contribution is 9.10. The molecule has 0 amide bonds. The highest BCUT2D eigenvalue weighted by atomic mass is 79.9. The smallest absolute Gasteiger partial charge is 0.244 e. The zero-order valence-corrected chi connectivity index (χ0v) is 14.0. The zero-order valence-electron chi connectivity index (χ0n) is 10.8. The fourth-order valence-electron chi connectivity index (χ4n) is 1.77. The molecule has 7 heteroatoms. The summed E-state index contributed by atoms with van der Waals surface area (Å²) >= 11 is 4.69. The monoisotopic (exact) mass is 363 g/mol. The maximum atomic E-state index is 12.5. The Kier molecular flexibility index (Phi) is 4.20. The number of furan rings is 1. The van der Waals surface area contributed by atoms with Gasteiger partial charge >= 0.3 is 0 Å². The van der Waals surface area contributed by atoms with Crippen LogP contribution in [0.4, 0.5) is 0 Å². The van der Waals surface area contributed by atoms with Crippen LogP contribution in [0.3, 0.4) is 0 Å². The maximum absolute atomic E-state index is 12.5. The Bertz CT molecular complexity index is 688. The first kappa shape index (κ1) is 14.8. The van der Waals surface area contributed by atoms with Crippen LogP contribution in [0.25, 0.3) is 0 Å². The highest BCUT2D eigenvalue weighted by Crippen LogP contribution is 2.28. The molecule has 2 heterocycles. The first-order valence-electron chi connectivity index (χ1n) is 5.58. The molecule has 4 nitrogen and oxygen atoms in total. The molecule has 104 valence electrons. The van der Waals surface area contributed by atoms with Crippen LogP contribution in [0, 0.1) is 13.8 Å². The quantitative estimate of drug-likeness (QED) is 0.834. The van der Waals surface area contributed by atoms with Crippen molar-refractivity contribution in [3.8, 4) is 0 Å². The molecule has 0 aliphatic heterocycles. The Labute approximate surface area is 125 Å². The Morgan fingerprint density at radius 2 is 2.05 bits per heavy atom. The SMILES string of the molecule is Cc1cc(S(=O)(=O)N(C)Cc2ccc(Br)o2)c(C)s1. The molecule has 0 N–H and O–H groups in total. The molecule has 2 aromatic heterocycles. The van der Waals surface area contributed by atoms with Gasteiger partial charge in [0.1, 0.15) is 5.76 Å². The minimum Gasteiger partial charge on any atom is -0.453 e. The van der Waals surface area contributed by atoms with E-state index in [4.69, 9.17) is 4.42 Å². The summed E-state index contributed by atoms with van der Waals surface area (Å²) in [7, 11) is -1.92. The van der Waals surface area contributed by atoms with Crippen LogP contribution >= 0.6 is 27.3 Å². The van der Waals surface area contributed by atoms with Gasteiger partial charge in [-0.05, 0) is 48.0 Å². The summed E-state index contributed by atoms with van der Waals surface area (Å²) in [6.07, 6.45) is 0. The van der Waals surface area contributed by atoms with Crippen molar-refractivity contribution in [1.82, 2.24) is 4.31 Å². The van der Waals surface area contributed by atoms with Gasteiger partial charge in [0, 0.05) is 16.8 Å². The van der Waals surface area contributed by atoms with Crippen molar-refractivity contribution < 1.29 is 12.8 Å². The molecule has 0 radical (unpaired) electrons. The van der Waals surface area contributed by atoms with Crippen LogP contribution < -0.4 is 0 Å². The molecule has 0 atom stereocenters. The molecule has 0 bridgehead atoms. The zero-order chi connectivity index (χ0) is 14.2. The molecular formula is C12H14BrNO3S2. The second-order valence-electron chi connectivity index (χ2n) is 4.24. The van der Waals surface area contributed by atoms with Gasteiger partial charge in [-0.15, -0.1) is 11.3 Å². The molecule has 19 heavy (non-hydrogen) atoms. The van der Waals surface area contributed by atoms with Gasteiger partial charge in [-0.1, -0.05) is 0 Å². The molecule has 0 aromatic carbocycles. The lowest BCUT2D eigenvalue weighted by molar-refractivity contribution is 0.398. The van der Waals surface area contributed by atoms with E-state index in [1.54, 1.807) is 25.2 Å². The number of sulfonamides is 1. The number of rotatable bonds is 4. The summed E-state index contributed by atoms with van der Waals surface area (Å²) in [6.45, 7) is 3.93. The van der Waals surface area contributed by atoms with Gasteiger partial charge in [-0.2, -0.15) is 4.31 Å². The third-order valence-electron chi connectivity index (χ3n) is 2.69. The molecule has 0 unspecified atom stereocenters. The fraction of sp³-hybridized carbons (Fsp3) is 0.333.